The van der Waals surface area contributed by atoms with Gasteiger partial charge < -0.3 is 11.5 Å². The zero-order valence-electron chi connectivity index (χ0n) is 10.5. The second-order valence-corrected chi connectivity index (χ2v) is 6.05. The zero-order chi connectivity index (χ0) is 14.7. The highest BCUT2D eigenvalue weighted by Crippen LogP contribution is 2.23. The molecule has 0 saturated carbocycles. The summed E-state index contributed by atoms with van der Waals surface area (Å²) in [5.74, 6) is -0.341. The van der Waals surface area contributed by atoms with Crippen molar-refractivity contribution in [3.8, 4) is 0 Å². The summed E-state index contributed by atoms with van der Waals surface area (Å²) in [5.41, 5.74) is 12.4. The molecular formula is C14H13ClN2O2S. The predicted octanol–water partition coefficient (Wildman–Crippen LogP) is 2.33. The Morgan fingerprint density at radius 2 is 1.90 bits per heavy atom. The minimum absolute atomic E-state index is 0.194. The topological polar surface area (TPSA) is 86.2 Å². The first-order valence-electron chi connectivity index (χ1n) is 5.80. The fourth-order valence-electron chi connectivity index (χ4n) is 1.76. The highest BCUT2D eigenvalue weighted by atomic mass is 35.5. The number of hydrogen-bond donors (Lipinski definition) is 2. The summed E-state index contributed by atoms with van der Waals surface area (Å²) in [6.45, 7) is 0. The summed E-state index contributed by atoms with van der Waals surface area (Å²) < 4.78 is 12.3. The number of carbonyl (C=O) groups is 1. The number of primary amides is 1. The van der Waals surface area contributed by atoms with Crippen LogP contribution < -0.4 is 11.5 Å². The molecule has 0 radical (unpaired) electrons. The van der Waals surface area contributed by atoms with Crippen LogP contribution in [0.15, 0.2) is 47.4 Å². The highest BCUT2D eigenvalue weighted by Gasteiger charge is 2.12. The number of hydrogen-bond acceptors (Lipinski definition) is 3. The molecule has 0 aliphatic carbocycles. The molecule has 0 fully saturated rings. The van der Waals surface area contributed by atoms with Gasteiger partial charge in [0.05, 0.1) is 27.3 Å². The Morgan fingerprint density at radius 1 is 1.20 bits per heavy atom. The molecule has 0 aliphatic rings. The molecule has 4 N–H and O–H groups in total. The van der Waals surface area contributed by atoms with Crippen LogP contribution in [-0.2, 0) is 16.6 Å². The van der Waals surface area contributed by atoms with E-state index in [-0.39, 0.29) is 5.75 Å². The largest absolute Gasteiger partial charge is 0.398 e. The monoisotopic (exact) mass is 308 g/mol. The number of nitrogen functional groups attached to an aromatic ring is 1. The average Bonchev–Trinajstić information content (AvgIpc) is 2.42. The molecule has 0 saturated heterocycles. The van der Waals surface area contributed by atoms with Crippen molar-refractivity contribution in [3.63, 3.8) is 0 Å². The molecule has 20 heavy (non-hydrogen) atoms. The van der Waals surface area contributed by atoms with Crippen molar-refractivity contribution in [2.24, 2.45) is 5.73 Å². The van der Waals surface area contributed by atoms with Crippen LogP contribution >= 0.6 is 11.6 Å². The summed E-state index contributed by atoms with van der Waals surface area (Å²) in [5, 5.41) is 0.360. The van der Waals surface area contributed by atoms with Crippen LogP contribution in [-0.4, -0.2) is 10.1 Å². The predicted molar refractivity (Wildman–Crippen MR) is 80.9 cm³/mol. The van der Waals surface area contributed by atoms with Crippen molar-refractivity contribution in [1.29, 1.82) is 0 Å². The van der Waals surface area contributed by atoms with E-state index in [1.165, 1.54) is 0 Å². The SMILES string of the molecule is NC(=O)c1ccccc1CS(=O)c1ccc(N)c(Cl)c1. The van der Waals surface area contributed by atoms with Gasteiger partial charge in [-0.1, -0.05) is 29.8 Å². The minimum atomic E-state index is -1.33. The van der Waals surface area contributed by atoms with E-state index in [1.807, 2.05) is 0 Å². The molecule has 0 heterocycles. The van der Waals surface area contributed by atoms with E-state index in [0.717, 1.165) is 0 Å². The second-order valence-electron chi connectivity index (χ2n) is 4.19. The van der Waals surface area contributed by atoms with Gasteiger partial charge in [0.1, 0.15) is 0 Å². The van der Waals surface area contributed by atoms with Gasteiger partial charge in [0.15, 0.2) is 0 Å². The van der Waals surface area contributed by atoms with Crippen molar-refractivity contribution >= 4 is 34.0 Å². The van der Waals surface area contributed by atoms with Crippen LogP contribution in [0.5, 0.6) is 0 Å². The van der Waals surface area contributed by atoms with E-state index in [9.17, 15) is 9.00 Å². The van der Waals surface area contributed by atoms with Gasteiger partial charge in [-0.25, -0.2) is 0 Å². The van der Waals surface area contributed by atoms with Gasteiger partial charge >= 0.3 is 0 Å². The van der Waals surface area contributed by atoms with E-state index >= 15 is 0 Å². The molecule has 2 aromatic rings. The van der Waals surface area contributed by atoms with Gasteiger partial charge in [-0.15, -0.1) is 0 Å². The number of amides is 1. The number of rotatable bonds is 4. The maximum Gasteiger partial charge on any atom is 0.249 e. The fraction of sp³-hybridized carbons (Fsp3) is 0.0714. The standard InChI is InChI=1S/C14H13ClN2O2S/c15-12-7-10(5-6-13(12)16)20(19)8-9-3-1-2-4-11(9)14(17)18/h1-7H,8,16H2,(H2,17,18). The van der Waals surface area contributed by atoms with Crippen molar-refractivity contribution in [2.75, 3.05) is 5.73 Å². The lowest BCUT2D eigenvalue weighted by molar-refractivity contribution is 0.0999. The van der Waals surface area contributed by atoms with E-state index in [4.69, 9.17) is 23.1 Å². The lowest BCUT2D eigenvalue weighted by Crippen LogP contribution is -2.14. The van der Waals surface area contributed by atoms with E-state index in [2.05, 4.69) is 0 Å². The Morgan fingerprint density at radius 3 is 2.55 bits per heavy atom. The number of halogens is 1. The molecule has 0 bridgehead atoms. The molecule has 2 rings (SSSR count). The Hall–Kier alpha value is -1.85. The zero-order valence-corrected chi connectivity index (χ0v) is 12.1. The van der Waals surface area contributed by atoms with E-state index in [0.29, 0.717) is 26.7 Å². The quantitative estimate of drug-likeness (QED) is 0.850. The van der Waals surface area contributed by atoms with Crippen molar-refractivity contribution in [1.82, 2.24) is 0 Å². The Kier molecular flexibility index (Phi) is 4.42. The molecule has 0 aromatic heterocycles. The number of nitrogens with two attached hydrogens (primary N) is 2. The number of anilines is 1. The molecular weight excluding hydrogens is 296 g/mol. The smallest absolute Gasteiger partial charge is 0.249 e. The fourth-order valence-corrected chi connectivity index (χ4v) is 3.18. The molecule has 4 nitrogen and oxygen atoms in total. The first kappa shape index (κ1) is 14.6. The normalized spacial score (nSPS) is 12.1. The van der Waals surface area contributed by atoms with Gasteiger partial charge in [-0.05, 0) is 29.8 Å². The minimum Gasteiger partial charge on any atom is -0.398 e. The molecule has 104 valence electrons. The third kappa shape index (κ3) is 3.18. The molecule has 2 aromatic carbocycles. The third-order valence-corrected chi connectivity index (χ3v) is 4.48. The third-order valence-electron chi connectivity index (χ3n) is 2.80. The Balaban J connectivity index is 2.28. The van der Waals surface area contributed by atoms with Gasteiger partial charge in [-0.3, -0.25) is 9.00 Å². The molecule has 6 heteroatoms. The second kappa shape index (κ2) is 6.07. The first-order chi connectivity index (χ1) is 9.49. The first-order valence-corrected chi connectivity index (χ1v) is 7.50. The lowest BCUT2D eigenvalue weighted by Gasteiger charge is -2.07. The lowest BCUT2D eigenvalue weighted by atomic mass is 10.1. The number of carbonyl (C=O) groups excluding carboxylic acids is 1. The molecule has 1 unspecified atom stereocenters. The summed E-state index contributed by atoms with van der Waals surface area (Å²) in [6, 6.07) is 11.7. The highest BCUT2D eigenvalue weighted by molar-refractivity contribution is 7.84. The summed E-state index contributed by atoms with van der Waals surface area (Å²) in [4.78, 5) is 11.9. The van der Waals surface area contributed by atoms with Crippen molar-refractivity contribution < 1.29 is 9.00 Å². The van der Waals surface area contributed by atoms with Gasteiger partial charge in [0, 0.05) is 10.5 Å². The van der Waals surface area contributed by atoms with Crippen molar-refractivity contribution in [2.45, 2.75) is 10.6 Å². The van der Waals surface area contributed by atoms with Crippen LogP contribution in [0.4, 0.5) is 5.69 Å². The average molecular weight is 309 g/mol. The van der Waals surface area contributed by atoms with Gasteiger partial charge in [0.25, 0.3) is 0 Å². The van der Waals surface area contributed by atoms with Crippen LogP contribution in [0.1, 0.15) is 15.9 Å². The Labute approximate surface area is 124 Å². The van der Waals surface area contributed by atoms with Gasteiger partial charge in [0.2, 0.25) is 5.91 Å². The van der Waals surface area contributed by atoms with Crippen LogP contribution in [0, 0.1) is 0 Å². The maximum absolute atomic E-state index is 12.3. The summed E-state index contributed by atoms with van der Waals surface area (Å²) in [6.07, 6.45) is 0. The molecule has 0 aliphatic heterocycles. The van der Waals surface area contributed by atoms with E-state index in [1.54, 1.807) is 42.5 Å². The van der Waals surface area contributed by atoms with Gasteiger partial charge in [-0.2, -0.15) is 0 Å². The summed E-state index contributed by atoms with van der Waals surface area (Å²) in [7, 11) is -1.33. The molecule has 0 spiro atoms. The Bertz CT molecular complexity index is 689. The van der Waals surface area contributed by atoms with Crippen LogP contribution in [0.3, 0.4) is 0 Å². The van der Waals surface area contributed by atoms with E-state index < -0.39 is 16.7 Å². The molecule has 1 amide bonds. The van der Waals surface area contributed by atoms with Crippen LogP contribution in [0.25, 0.3) is 0 Å². The van der Waals surface area contributed by atoms with Crippen molar-refractivity contribution in [3.05, 3.63) is 58.6 Å². The molecule has 1 atom stereocenters. The maximum atomic E-state index is 12.3. The number of benzene rings is 2. The van der Waals surface area contributed by atoms with Crippen LogP contribution in [0.2, 0.25) is 5.02 Å². The summed E-state index contributed by atoms with van der Waals surface area (Å²) >= 11 is 5.91.